The Hall–Kier alpha value is -5.14. The molecule has 1 fully saturated rings. The Kier molecular flexibility index (Phi) is 11.5. The fourth-order valence-electron chi connectivity index (χ4n) is 4.70. The fourth-order valence-corrected chi connectivity index (χ4v) is 4.70. The molecule has 240 valence electrons. The van der Waals surface area contributed by atoms with Crippen molar-refractivity contribution in [3.05, 3.63) is 70.3 Å². The molecule has 0 unspecified atom stereocenters. The number of nitro benzene ring substituents is 1. The summed E-state index contributed by atoms with van der Waals surface area (Å²) in [5.74, 6) is -3.75. The molecular formula is C31H38N6O8. The van der Waals surface area contributed by atoms with Crippen LogP contribution in [0.25, 0.3) is 0 Å². The van der Waals surface area contributed by atoms with Gasteiger partial charge in [-0.1, -0.05) is 44.2 Å². The number of Topliss-reactive ketones (excluding diaryl/α,β-unsaturated/α-hetero) is 1. The van der Waals surface area contributed by atoms with Gasteiger partial charge >= 0.3 is 0 Å². The summed E-state index contributed by atoms with van der Waals surface area (Å²) >= 11 is 0. The summed E-state index contributed by atoms with van der Waals surface area (Å²) in [5, 5.41) is 23.8. The largest absolute Gasteiger partial charge is 0.342 e. The molecule has 1 heterocycles. The van der Waals surface area contributed by atoms with Gasteiger partial charge in [0.2, 0.25) is 23.6 Å². The number of hydrogen-bond donors (Lipinski definition) is 5. The Balaban J connectivity index is 1.75. The molecule has 1 aliphatic heterocycles. The fraction of sp³-hybridized carbons (Fsp3) is 0.419. The van der Waals surface area contributed by atoms with Crippen LogP contribution in [0.1, 0.15) is 52.5 Å². The molecule has 2 aromatic carbocycles. The number of benzene rings is 2. The minimum Gasteiger partial charge on any atom is -0.342 e. The van der Waals surface area contributed by atoms with E-state index in [-0.39, 0.29) is 37.3 Å². The van der Waals surface area contributed by atoms with Crippen LogP contribution < -0.4 is 26.6 Å². The van der Waals surface area contributed by atoms with Crippen molar-refractivity contribution in [2.45, 2.75) is 77.0 Å². The SMILES string of the molecule is CC(C)C[C@H](NC(=O)[C@H](Cc1ccccc1)NC(=O)[C@H](C)NC(=O)[C@]1(C)NC(=O)CCC1=O)C(=O)Nc1ccc([N+](=O)[O-])cc1. The van der Waals surface area contributed by atoms with Gasteiger partial charge in [0.15, 0.2) is 11.3 Å². The van der Waals surface area contributed by atoms with Crippen molar-refractivity contribution >= 4 is 46.7 Å². The van der Waals surface area contributed by atoms with Crippen LogP contribution in [0, 0.1) is 16.0 Å². The number of nitrogens with one attached hydrogen (secondary N) is 5. The highest BCUT2D eigenvalue weighted by molar-refractivity contribution is 6.15. The predicted octanol–water partition coefficient (Wildman–Crippen LogP) is 1.53. The van der Waals surface area contributed by atoms with E-state index in [1.165, 1.54) is 38.1 Å². The maximum Gasteiger partial charge on any atom is 0.269 e. The van der Waals surface area contributed by atoms with E-state index in [4.69, 9.17) is 0 Å². The molecule has 14 heteroatoms. The maximum atomic E-state index is 13.6. The Morgan fingerprint density at radius 2 is 1.49 bits per heavy atom. The highest BCUT2D eigenvalue weighted by Gasteiger charge is 2.45. The second-order valence-electron chi connectivity index (χ2n) is 11.5. The monoisotopic (exact) mass is 622 g/mol. The van der Waals surface area contributed by atoms with Crippen molar-refractivity contribution in [3.63, 3.8) is 0 Å². The Morgan fingerprint density at radius 1 is 0.867 bits per heavy atom. The lowest BCUT2D eigenvalue weighted by Gasteiger charge is -2.32. The van der Waals surface area contributed by atoms with E-state index in [9.17, 15) is 38.9 Å². The van der Waals surface area contributed by atoms with Crippen molar-refractivity contribution < 1.29 is 33.7 Å². The number of piperidine rings is 1. The number of rotatable bonds is 13. The summed E-state index contributed by atoms with van der Waals surface area (Å²) in [6.45, 7) is 6.38. The third-order valence-corrected chi connectivity index (χ3v) is 7.32. The van der Waals surface area contributed by atoms with Gasteiger partial charge in [-0.2, -0.15) is 0 Å². The number of anilines is 1. The van der Waals surface area contributed by atoms with Gasteiger partial charge in [-0.05, 0) is 43.9 Å². The summed E-state index contributed by atoms with van der Waals surface area (Å²) in [4.78, 5) is 87.7. The summed E-state index contributed by atoms with van der Waals surface area (Å²) in [6.07, 6.45) is 0.174. The minimum atomic E-state index is -1.83. The van der Waals surface area contributed by atoms with Crippen LogP contribution >= 0.6 is 0 Å². The average molecular weight is 623 g/mol. The van der Waals surface area contributed by atoms with Crippen molar-refractivity contribution in [2.24, 2.45) is 5.92 Å². The number of nitrogens with zero attached hydrogens (tertiary/aromatic N) is 1. The average Bonchev–Trinajstić information content (AvgIpc) is 2.98. The van der Waals surface area contributed by atoms with Gasteiger partial charge in [0.05, 0.1) is 4.92 Å². The summed E-state index contributed by atoms with van der Waals surface area (Å²) in [5.41, 5.74) is -0.956. The topological polar surface area (TPSA) is 206 Å². The molecule has 14 nitrogen and oxygen atoms in total. The van der Waals surface area contributed by atoms with E-state index >= 15 is 0 Å². The van der Waals surface area contributed by atoms with E-state index in [2.05, 4.69) is 26.6 Å². The smallest absolute Gasteiger partial charge is 0.269 e. The van der Waals surface area contributed by atoms with E-state index < -0.39 is 63.9 Å². The molecule has 5 N–H and O–H groups in total. The molecule has 0 radical (unpaired) electrons. The number of hydrogen-bond acceptors (Lipinski definition) is 8. The first-order valence-electron chi connectivity index (χ1n) is 14.5. The van der Waals surface area contributed by atoms with Crippen LogP contribution in [0.5, 0.6) is 0 Å². The Morgan fingerprint density at radius 3 is 2.09 bits per heavy atom. The molecule has 0 saturated carbocycles. The Bertz CT molecular complexity index is 1450. The lowest BCUT2D eigenvalue weighted by Crippen LogP contribution is -2.66. The molecule has 45 heavy (non-hydrogen) atoms. The van der Waals surface area contributed by atoms with E-state index in [0.29, 0.717) is 11.3 Å². The number of carbonyl (C=O) groups excluding carboxylic acids is 6. The second kappa shape index (κ2) is 15.0. The van der Waals surface area contributed by atoms with Crippen LogP contribution in [-0.4, -0.2) is 63.9 Å². The van der Waals surface area contributed by atoms with E-state index in [1.807, 2.05) is 13.8 Å². The molecule has 0 bridgehead atoms. The molecule has 4 atom stereocenters. The molecular weight excluding hydrogens is 584 g/mol. The first-order chi connectivity index (χ1) is 21.2. The van der Waals surface area contributed by atoms with Crippen LogP contribution in [-0.2, 0) is 35.2 Å². The second-order valence-corrected chi connectivity index (χ2v) is 11.5. The molecule has 0 aromatic heterocycles. The molecule has 5 amide bonds. The molecule has 1 aliphatic rings. The van der Waals surface area contributed by atoms with Crippen LogP contribution in [0.4, 0.5) is 11.4 Å². The third kappa shape index (κ3) is 9.42. The minimum absolute atomic E-state index is 0.0142. The van der Waals surface area contributed by atoms with Gasteiger partial charge in [0.1, 0.15) is 18.1 Å². The van der Waals surface area contributed by atoms with Gasteiger partial charge in [-0.25, -0.2) is 0 Å². The van der Waals surface area contributed by atoms with Crippen molar-refractivity contribution in [1.82, 2.24) is 21.3 Å². The van der Waals surface area contributed by atoms with Crippen LogP contribution in [0.2, 0.25) is 0 Å². The summed E-state index contributed by atoms with van der Waals surface area (Å²) < 4.78 is 0. The third-order valence-electron chi connectivity index (χ3n) is 7.32. The Labute approximate surface area is 260 Å². The summed E-state index contributed by atoms with van der Waals surface area (Å²) in [6, 6.07) is 10.8. The van der Waals surface area contributed by atoms with Gasteiger partial charge in [0, 0.05) is 37.1 Å². The molecule has 2 aromatic rings. The zero-order valence-corrected chi connectivity index (χ0v) is 25.5. The van der Waals surface area contributed by atoms with Gasteiger partial charge in [-0.3, -0.25) is 38.9 Å². The number of non-ortho nitro benzene ring substituents is 1. The van der Waals surface area contributed by atoms with Crippen molar-refractivity contribution in [1.29, 1.82) is 0 Å². The quantitative estimate of drug-likeness (QED) is 0.126. The molecule has 0 aliphatic carbocycles. The van der Waals surface area contributed by atoms with E-state index in [0.717, 1.165) is 0 Å². The maximum absolute atomic E-state index is 13.6. The first-order valence-corrected chi connectivity index (χ1v) is 14.5. The highest BCUT2D eigenvalue weighted by atomic mass is 16.6. The number of amides is 5. The van der Waals surface area contributed by atoms with Crippen LogP contribution in [0.15, 0.2) is 54.6 Å². The summed E-state index contributed by atoms with van der Waals surface area (Å²) in [7, 11) is 0. The normalized spacial score (nSPS) is 18.2. The lowest BCUT2D eigenvalue weighted by atomic mass is 9.88. The predicted molar refractivity (Wildman–Crippen MR) is 164 cm³/mol. The zero-order valence-electron chi connectivity index (χ0n) is 25.5. The number of ketones is 1. The molecule has 0 spiro atoms. The van der Waals surface area contributed by atoms with Gasteiger partial charge in [0.25, 0.3) is 11.6 Å². The number of nitro groups is 1. The van der Waals surface area contributed by atoms with Crippen molar-refractivity contribution in [2.75, 3.05) is 5.32 Å². The standard InChI is InChI=1S/C31H38N6O8/c1-18(2)16-23(28(41)33-21-10-12-22(13-11-21)37(44)45)35-29(42)24(17-20-8-6-5-7-9-20)34-27(40)19(3)32-30(43)31(4)25(38)14-15-26(39)36-31/h5-13,18-19,23-24H,14-17H2,1-4H3,(H,32,43)(H,33,41)(H,34,40)(H,35,42)(H,36,39)/t19-,23-,24-,31+/m0/s1. The zero-order chi connectivity index (χ0) is 33.3. The van der Waals surface area contributed by atoms with E-state index in [1.54, 1.807) is 30.3 Å². The van der Waals surface area contributed by atoms with Gasteiger partial charge < -0.3 is 26.6 Å². The lowest BCUT2D eigenvalue weighted by molar-refractivity contribution is -0.384. The molecule has 1 saturated heterocycles. The van der Waals surface area contributed by atoms with Crippen LogP contribution in [0.3, 0.4) is 0 Å². The van der Waals surface area contributed by atoms with Crippen molar-refractivity contribution in [3.8, 4) is 0 Å². The first kappa shape index (κ1) is 34.4. The van der Waals surface area contributed by atoms with Gasteiger partial charge in [-0.15, -0.1) is 0 Å². The highest BCUT2D eigenvalue weighted by Crippen LogP contribution is 2.18. The number of carbonyl (C=O) groups is 6. The molecule has 3 rings (SSSR count).